The van der Waals surface area contributed by atoms with Crippen molar-refractivity contribution in [2.75, 3.05) is 0 Å². The normalized spacial score (nSPS) is 11.6. The Morgan fingerprint density at radius 2 is 0.597 bits per heavy atom. The fraction of sp³-hybridized carbons (Fsp3) is 0. The molecule has 0 atom stereocenters. The number of para-hydroxylation sites is 8. The molecule has 0 unspecified atom stereocenters. The maximum atomic E-state index is 5.22. The molecule has 8 nitrogen and oxygen atoms in total. The molecule has 0 bridgehead atoms. The highest BCUT2D eigenvalue weighted by atomic mass is 15.1. The number of imidazole rings is 2. The van der Waals surface area contributed by atoms with Gasteiger partial charge < -0.3 is 4.57 Å². The number of nitrogens with zero attached hydrogens (tertiary/aromatic N) is 8. The third-order valence-corrected chi connectivity index (χ3v) is 12.5. The van der Waals surface area contributed by atoms with Gasteiger partial charge in [-0.25, -0.2) is 24.9 Å². The van der Waals surface area contributed by atoms with Crippen LogP contribution < -0.4 is 0 Å². The van der Waals surface area contributed by atoms with Crippen LogP contribution in [-0.4, -0.2) is 38.6 Å². The monoisotopic (exact) mass is 858 g/mol. The first-order valence-corrected chi connectivity index (χ1v) is 22.3. The van der Waals surface area contributed by atoms with Gasteiger partial charge in [-0.3, -0.25) is 9.13 Å². The van der Waals surface area contributed by atoms with Crippen molar-refractivity contribution < 1.29 is 0 Å². The Labute approximate surface area is 385 Å². The molecule has 0 aliphatic rings. The van der Waals surface area contributed by atoms with E-state index in [-0.39, 0.29) is 0 Å². The molecule has 0 aliphatic carbocycles. The first-order valence-electron chi connectivity index (χ1n) is 22.3. The number of aromatic nitrogens is 8. The van der Waals surface area contributed by atoms with E-state index in [2.05, 4.69) is 220 Å². The summed E-state index contributed by atoms with van der Waals surface area (Å²) in [4.78, 5) is 25.9. The van der Waals surface area contributed by atoms with Crippen molar-refractivity contribution in [2.24, 2.45) is 0 Å². The molecule has 314 valence electrons. The number of hydrogen-bond donors (Lipinski definition) is 0. The van der Waals surface area contributed by atoms with Crippen molar-refractivity contribution in [1.82, 2.24) is 38.6 Å². The summed E-state index contributed by atoms with van der Waals surface area (Å²) in [5, 5.41) is 2.28. The standard InChI is InChI=1S/C59H38N8/c1-4-16-44(17-5-1)65-51-25-13-10-22-47(51)48-38-43(36-37-52(48)65)57-63-55(39-28-32-41(33-29-39)58-60-49-23-11-14-26-53(49)66(58)45-18-6-2-7-19-45)62-56(64-57)40-30-34-42(35-31-40)59-61-50-24-12-15-27-54(50)67(59)46-20-8-3-9-21-46/h1-38H. The van der Waals surface area contributed by atoms with Gasteiger partial charge in [-0.2, -0.15) is 0 Å². The van der Waals surface area contributed by atoms with E-state index in [1.54, 1.807) is 0 Å². The maximum Gasteiger partial charge on any atom is 0.164 e. The van der Waals surface area contributed by atoms with Crippen molar-refractivity contribution in [2.45, 2.75) is 0 Å². The molecule has 0 spiro atoms. The van der Waals surface area contributed by atoms with Gasteiger partial charge in [-0.05, 0) is 84.9 Å². The molecule has 8 heteroatoms. The van der Waals surface area contributed by atoms with E-state index in [9.17, 15) is 0 Å². The second-order valence-corrected chi connectivity index (χ2v) is 16.6. The SMILES string of the molecule is c1ccc(-n2c(-c3ccc(-c4nc(-c5ccc(-c6nc7ccccc7n6-c6ccccc6)cc5)nc(-c5ccc6c(c5)c5ccccc5n6-c5ccccc5)n4)cc3)nc3ccccc32)cc1. The Balaban J connectivity index is 0.950. The molecule has 0 radical (unpaired) electrons. The van der Waals surface area contributed by atoms with Crippen LogP contribution >= 0.6 is 0 Å². The summed E-state index contributed by atoms with van der Waals surface area (Å²) < 4.78 is 6.75. The number of rotatable bonds is 8. The van der Waals surface area contributed by atoms with Crippen LogP contribution in [0.25, 0.3) is 118 Å². The van der Waals surface area contributed by atoms with Crippen LogP contribution in [0.4, 0.5) is 0 Å². The fourth-order valence-corrected chi connectivity index (χ4v) is 9.38. The maximum absolute atomic E-state index is 5.22. The minimum Gasteiger partial charge on any atom is -0.309 e. The van der Waals surface area contributed by atoms with Gasteiger partial charge in [-0.15, -0.1) is 0 Å². The first-order chi connectivity index (χ1) is 33.2. The van der Waals surface area contributed by atoms with E-state index >= 15 is 0 Å². The number of hydrogen-bond acceptors (Lipinski definition) is 5. The third-order valence-electron chi connectivity index (χ3n) is 12.5. The fourth-order valence-electron chi connectivity index (χ4n) is 9.38. The van der Waals surface area contributed by atoms with Crippen LogP contribution in [0.1, 0.15) is 0 Å². The predicted octanol–water partition coefficient (Wildman–Crippen LogP) is 14.0. The molecule has 13 aromatic rings. The minimum atomic E-state index is 0.574. The summed E-state index contributed by atoms with van der Waals surface area (Å²) in [6.07, 6.45) is 0. The first kappa shape index (κ1) is 38.2. The summed E-state index contributed by atoms with van der Waals surface area (Å²) in [5.74, 6) is 3.46. The second-order valence-electron chi connectivity index (χ2n) is 16.6. The Morgan fingerprint density at radius 1 is 0.239 bits per heavy atom. The van der Waals surface area contributed by atoms with Gasteiger partial charge in [0.05, 0.1) is 33.1 Å². The van der Waals surface area contributed by atoms with E-state index in [0.717, 1.165) is 100 Å². The molecule has 0 saturated carbocycles. The van der Waals surface area contributed by atoms with E-state index in [1.165, 1.54) is 0 Å². The van der Waals surface area contributed by atoms with Gasteiger partial charge in [0.2, 0.25) is 0 Å². The van der Waals surface area contributed by atoms with E-state index in [4.69, 9.17) is 24.9 Å². The average Bonchev–Trinajstić information content (AvgIpc) is 4.10. The van der Waals surface area contributed by atoms with Crippen LogP contribution in [0.5, 0.6) is 0 Å². The molecule has 9 aromatic carbocycles. The second kappa shape index (κ2) is 15.8. The molecule has 0 amide bonds. The van der Waals surface area contributed by atoms with Gasteiger partial charge in [0.25, 0.3) is 0 Å². The summed E-state index contributed by atoms with van der Waals surface area (Å²) in [6, 6.07) is 79.6. The van der Waals surface area contributed by atoms with Gasteiger partial charge in [0.1, 0.15) is 11.6 Å². The molecule has 0 fully saturated rings. The highest BCUT2D eigenvalue weighted by Crippen LogP contribution is 2.37. The van der Waals surface area contributed by atoms with Gasteiger partial charge in [-0.1, -0.05) is 146 Å². The molecular formula is C59H38N8. The molecule has 13 rings (SSSR count). The Morgan fingerprint density at radius 3 is 1.09 bits per heavy atom. The van der Waals surface area contributed by atoms with Crippen molar-refractivity contribution in [1.29, 1.82) is 0 Å². The lowest BCUT2D eigenvalue weighted by Crippen LogP contribution is -2.01. The smallest absolute Gasteiger partial charge is 0.164 e. The molecule has 4 heterocycles. The van der Waals surface area contributed by atoms with Crippen LogP contribution in [0.2, 0.25) is 0 Å². The van der Waals surface area contributed by atoms with E-state index < -0.39 is 0 Å². The molecule has 0 saturated heterocycles. The summed E-state index contributed by atoms with van der Waals surface area (Å²) >= 11 is 0. The molecule has 0 N–H and O–H groups in total. The summed E-state index contributed by atoms with van der Waals surface area (Å²) in [7, 11) is 0. The quantitative estimate of drug-likeness (QED) is 0.152. The summed E-state index contributed by atoms with van der Waals surface area (Å²) in [6.45, 7) is 0. The predicted molar refractivity (Wildman–Crippen MR) is 271 cm³/mol. The lowest BCUT2D eigenvalue weighted by Gasteiger charge is -2.12. The molecule has 4 aromatic heterocycles. The zero-order valence-electron chi connectivity index (χ0n) is 36.0. The van der Waals surface area contributed by atoms with Crippen molar-refractivity contribution in [3.8, 4) is 74.0 Å². The number of fused-ring (bicyclic) bond motifs is 5. The van der Waals surface area contributed by atoms with Crippen LogP contribution in [0.3, 0.4) is 0 Å². The van der Waals surface area contributed by atoms with Crippen molar-refractivity contribution in [3.63, 3.8) is 0 Å². The van der Waals surface area contributed by atoms with Gasteiger partial charge in [0, 0.05) is 55.7 Å². The average molecular weight is 859 g/mol. The largest absolute Gasteiger partial charge is 0.309 e. The molecule has 0 aliphatic heterocycles. The zero-order valence-corrected chi connectivity index (χ0v) is 36.0. The van der Waals surface area contributed by atoms with Gasteiger partial charge >= 0.3 is 0 Å². The van der Waals surface area contributed by atoms with Crippen LogP contribution in [-0.2, 0) is 0 Å². The lowest BCUT2D eigenvalue weighted by atomic mass is 10.1. The Bertz CT molecular complexity index is 3770. The highest BCUT2D eigenvalue weighted by Gasteiger charge is 2.20. The minimum absolute atomic E-state index is 0.574. The molecular weight excluding hydrogens is 821 g/mol. The lowest BCUT2D eigenvalue weighted by molar-refractivity contribution is 1.07. The topological polar surface area (TPSA) is 79.2 Å². The highest BCUT2D eigenvalue weighted by molar-refractivity contribution is 6.10. The Hall–Kier alpha value is -9.27. The third kappa shape index (κ3) is 6.58. The van der Waals surface area contributed by atoms with Crippen molar-refractivity contribution in [3.05, 3.63) is 231 Å². The van der Waals surface area contributed by atoms with E-state index in [0.29, 0.717) is 17.5 Å². The molecule has 67 heavy (non-hydrogen) atoms. The number of benzene rings is 9. The van der Waals surface area contributed by atoms with Crippen LogP contribution in [0, 0.1) is 0 Å². The summed E-state index contributed by atoms with van der Waals surface area (Å²) in [5.41, 5.74) is 14.0. The van der Waals surface area contributed by atoms with E-state index in [1.807, 2.05) is 24.3 Å². The van der Waals surface area contributed by atoms with Crippen molar-refractivity contribution >= 4 is 43.9 Å². The van der Waals surface area contributed by atoms with Crippen LogP contribution in [0.15, 0.2) is 231 Å². The Kier molecular flexibility index (Phi) is 8.99. The van der Waals surface area contributed by atoms with Gasteiger partial charge in [0.15, 0.2) is 17.5 Å². The zero-order chi connectivity index (χ0) is 44.3.